The van der Waals surface area contributed by atoms with Crippen LogP contribution >= 0.6 is 0 Å². The quantitative estimate of drug-likeness (QED) is 0.906. The third-order valence-corrected chi connectivity index (χ3v) is 3.93. The number of nitrogens with zero attached hydrogens (tertiary/aromatic N) is 1. The van der Waals surface area contributed by atoms with Crippen molar-refractivity contribution in [2.75, 3.05) is 20.2 Å². The number of urea groups is 1. The number of hydrogen-bond donors (Lipinski definition) is 1. The van der Waals surface area contributed by atoms with E-state index in [2.05, 4.69) is 5.32 Å². The smallest absolute Gasteiger partial charge is 0.317 e. The van der Waals surface area contributed by atoms with Gasteiger partial charge in [0.1, 0.15) is 5.82 Å². The van der Waals surface area contributed by atoms with Crippen molar-refractivity contribution in [1.29, 1.82) is 0 Å². The first-order valence-corrected chi connectivity index (χ1v) is 7.98. The Balaban J connectivity index is 1.90. The summed E-state index contributed by atoms with van der Waals surface area (Å²) in [5.74, 6) is -0.315. The molecule has 128 valence electrons. The van der Waals surface area contributed by atoms with Gasteiger partial charge in [0.25, 0.3) is 0 Å². The Hall–Kier alpha value is -1.66. The first-order valence-electron chi connectivity index (χ1n) is 7.98. The van der Waals surface area contributed by atoms with Crippen molar-refractivity contribution in [3.8, 4) is 0 Å². The van der Waals surface area contributed by atoms with E-state index in [1.165, 1.54) is 13.2 Å². The van der Waals surface area contributed by atoms with Gasteiger partial charge >= 0.3 is 6.03 Å². The number of methoxy groups -OCH3 is 1. The minimum Gasteiger partial charge on any atom is -0.380 e. The number of hydrogen-bond acceptors (Lipinski definition) is 3. The lowest BCUT2D eigenvalue weighted by Gasteiger charge is -2.36. The summed E-state index contributed by atoms with van der Waals surface area (Å²) in [4.78, 5) is 14.0. The standard InChI is InChI=1S/C17H25FN2O3/c1-4-15-10-20(9-12(2)23-15)17(21)19-8-13-5-6-14(11-22-3)16(18)7-13/h5-7,12,15H,4,8-11H2,1-3H3,(H,19,21). The number of amides is 2. The molecule has 1 aliphatic rings. The number of carbonyl (C=O) groups excluding carboxylic acids is 1. The molecule has 1 fully saturated rings. The van der Waals surface area contributed by atoms with E-state index in [1.807, 2.05) is 13.8 Å². The molecule has 1 aromatic rings. The van der Waals surface area contributed by atoms with Crippen molar-refractivity contribution >= 4 is 6.03 Å². The zero-order chi connectivity index (χ0) is 16.8. The van der Waals surface area contributed by atoms with Crippen LogP contribution in [0.4, 0.5) is 9.18 Å². The molecule has 2 atom stereocenters. The molecule has 2 rings (SSSR count). The highest BCUT2D eigenvalue weighted by atomic mass is 19.1. The monoisotopic (exact) mass is 324 g/mol. The fourth-order valence-electron chi connectivity index (χ4n) is 2.70. The molecule has 0 saturated carbocycles. The van der Waals surface area contributed by atoms with Gasteiger partial charge in [-0.2, -0.15) is 0 Å². The average Bonchev–Trinajstić information content (AvgIpc) is 2.54. The van der Waals surface area contributed by atoms with Gasteiger partial charge in [0.05, 0.1) is 18.8 Å². The van der Waals surface area contributed by atoms with Crippen LogP contribution in [0.1, 0.15) is 31.4 Å². The van der Waals surface area contributed by atoms with E-state index in [0.29, 0.717) is 25.2 Å². The van der Waals surface area contributed by atoms with Gasteiger partial charge in [-0.25, -0.2) is 9.18 Å². The largest absolute Gasteiger partial charge is 0.380 e. The van der Waals surface area contributed by atoms with Gasteiger partial charge in [0.15, 0.2) is 0 Å². The molecule has 5 nitrogen and oxygen atoms in total. The molecule has 1 aromatic carbocycles. The maximum atomic E-state index is 13.8. The predicted molar refractivity (Wildman–Crippen MR) is 85.5 cm³/mol. The first kappa shape index (κ1) is 17.7. The van der Waals surface area contributed by atoms with Crippen LogP contribution in [0.25, 0.3) is 0 Å². The van der Waals surface area contributed by atoms with Crippen molar-refractivity contribution in [2.45, 2.75) is 45.6 Å². The molecule has 2 unspecified atom stereocenters. The zero-order valence-corrected chi connectivity index (χ0v) is 14.0. The molecular weight excluding hydrogens is 299 g/mol. The van der Waals surface area contributed by atoms with Gasteiger partial charge in [-0.1, -0.05) is 19.1 Å². The van der Waals surface area contributed by atoms with Crippen LogP contribution in [0.5, 0.6) is 0 Å². The second kappa shape index (κ2) is 8.26. The van der Waals surface area contributed by atoms with E-state index in [0.717, 1.165) is 12.0 Å². The summed E-state index contributed by atoms with van der Waals surface area (Å²) in [5.41, 5.74) is 1.24. The number of benzene rings is 1. The third kappa shape index (κ3) is 4.91. The van der Waals surface area contributed by atoms with Crippen LogP contribution < -0.4 is 5.32 Å². The normalized spacial score (nSPS) is 21.3. The summed E-state index contributed by atoms with van der Waals surface area (Å²) in [6.07, 6.45) is 0.987. The van der Waals surface area contributed by atoms with Crippen molar-refractivity contribution in [3.05, 3.63) is 35.1 Å². The van der Waals surface area contributed by atoms with Crippen LogP contribution in [0.3, 0.4) is 0 Å². The fraction of sp³-hybridized carbons (Fsp3) is 0.588. The van der Waals surface area contributed by atoms with Crippen LogP contribution in [-0.4, -0.2) is 43.3 Å². The Bertz CT molecular complexity index is 539. The van der Waals surface area contributed by atoms with Crippen molar-refractivity contribution < 1.29 is 18.7 Å². The van der Waals surface area contributed by atoms with Crippen molar-refractivity contribution in [1.82, 2.24) is 10.2 Å². The molecule has 2 amide bonds. The highest BCUT2D eigenvalue weighted by Crippen LogP contribution is 2.14. The molecule has 1 saturated heterocycles. The molecule has 0 aliphatic carbocycles. The van der Waals surface area contributed by atoms with E-state index < -0.39 is 0 Å². The van der Waals surface area contributed by atoms with E-state index in [1.54, 1.807) is 17.0 Å². The Morgan fingerprint density at radius 2 is 2.26 bits per heavy atom. The summed E-state index contributed by atoms with van der Waals surface area (Å²) in [5, 5.41) is 2.85. The predicted octanol–water partition coefficient (Wildman–Crippen LogP) is 2.68. The van der Waals surface area contributed by atoms with Crippen molar-refractivity contribution in [3.63, 3.8) is 0 Å². The number of halogens is 1. The molecule has 6 heteroatoms. The van der Waals surface area contributed by atoms with E-state index in [-0.39, 0.29) is 30.7 Å². The molecule has 0 aromatic heterocycles. The molecule has 1 heterocycles. The van der Waals surface area contributed by atoms with Crippen molar-refractivity contribution in [2.24, 2.45) is 0 Å². The second-order valence-corrected chi connectivity index (χ2v) is 5.90. The SMILES string of the molecule is CCC1CN(C(=O)NCc2ccc(COC)c(F)c2)CC(C)O1. The average molecular weight is 324 g/mol. The maximum absolute atomic E-state index is 13.8. The molecule has 0 bridgehead atoms. The number of rotatable bonds is 5. The maximum Gasteiger partial charge on any atom is 0.317 e. The molecule has 0 spiro atoms. The second-order valence-electron chi connectivity index (χ2n) is 5.90. The topological polar surface area (TPSA) is 50.8 Å². The number of nitrogens with one attached hydrogen (secondary N) is 1. The molecule has 0 radical (unpaired) electrons. The Kier molecular flexibility index (Phi) is 6.36. The number of morpholine rings is 1. The lowest BCUT2D eigenvalue weighted by Crippen LogP contribution is -2.52. The van der Waals surface area contributed by atoms with E-state index >= 15 is 0 Å². The Labute approximate surface area is 136 Å². The van der Waals surface area contributed by atoms with Gasteiger partial charge < -0.3 is 19.7 Å². The lowest BCUT2D eigenvalue weighted by atomic mass is 10.1. The summed E-state index contributed by atoms with van der Waals surface area (Å²) in [7, 11) is 1.53. The van der Waals surface area contributed by atoms with Gasteiger partial charge in [0.2, 0.25) is 0 Å². The van der Waals surface area contributed by atoms with Crippen LogP contribution in [0.15, 0.2) is 18.2 Å². The van der Waals surface area contributed by atoms with E-state index in [9.17, 15) is 9.18 Å². The molecule has 1 aliphatic heterocycles. The van der Waals surface area contributed by atoms with Crippen LogP contribution in [0.2, 0.25) is 0 Å². The van der Waals surface area contributed by atoms with Gasteiger partial charge in [-0.05, 0) is 25.0 Å². The van der Waals surface area contributed by atoms with Crippen LogP contribution in [0, 0.1) is 5.82 Å². The molecule has 23 heavy (non-hydrogen) atoms. The Morgan fingerprint density at radius 3 is 2.91 bits per heavy atom. The lowest BCUT2D eigenvalue weighted by molar-refractivity contribution is -0.0646. The van der Waals surface area contributed by atoms with Crippen LogP contribution in [-0.2, 0) is 22.6 Å². The third-order valence-electron chi connectivity index (χ3n) is 3.93. The molecular formula is C17H25FN2O3. The fourth-order valence-corrected chi connectivity index (χ4v) is 2.70. The summed E-state index contributed by atoms with van der Waals surface area (Å²) in [6.45, 7) is 5.71. The minimum absolute atomic E-state index is 0.0326. The number of ether oxygens (including phenoxy) is 2. The number of carbonyl (C=O) groups is 1. The summed E-state index contributed by atoms with van der Waals surface area (Å²) in [6, 6.07) is 4.78. The highest BCUT2D eigenvalue weighted by Gasteiger charge is 2.27. The van der Waals surface area contributed by atoms with Gasteiger partial charge in [-0.15, -0.1) is 0 Å². The molecule has 1 N–H and O–H groups in total. The summed E-state index contributed by atoms with van der Waals surface area (Å²) >= 11 is 0. The zero-order valence-electron chi connectivity index (χ0n) is 14.0. The highest BCUT2D eigenvalue weighted by molar-refractivity contribution is 5.74. The van der Waals surface area contributed by atoms with E-state index in [4.69, 9.17) is 9.47 Å². The minimum atomic E-state index is -0.315. The summed E-state index contributed by atoms with van der Waals surface area (Å²) < 4.78 is 24.5. The van der Waals surface area contributed by atoms with Gasteiger partial charge in [0, 0.05) is 32.3 Å². The van der Waals surface area contributed by atoms with Gasteiger partial charge in [-0.3, -0.25) is 0 Å². The Morgan fingerprint density at radius 1 is 1.48 bits per heavy atom. The first-order chi connectivity index (χ1) is 11.0.